The molecule has 0 saturated carbocycles. The predicted molar refractivity (Wildman–Crippen MR) is 83.7 cm³/mol. The van der Waals surface area contributed by atoms with E-state index in [1.807, 2.05) is 30.5 Å². The summed E-state index contributed by atoms with van der Waals surface area (Å²) in [5, 5.41) is 3.92. The summed E-state index contributed by atoms with van der Waals surface area (Å²) in [6, 6.07) is 12.9. The molecular formula is C17H14N2O3. The number of hydrogen-bond acceptors (Lipinski definition) is 3. The second-order valence-electron chi connectivity index (χ2n) is 5.06. The molecule has 1 amide bonds. The van der Waals surface area contributed by atoms with Crippen LogP contribution in [0.2, 0.25) is 0 Å². The van der Waals surface area contributed by atoms with Crippen LogP contribution in [0.4, 0.5) is 5.69 Å². The lowest BCUT2D eigenvalue weighted by Crippen LogP contribution is -2.17. The summed E-state index contributed by atoms with van der Waals surface area (Å²) in [6.45, 7) is 1.04. The van der Waals surface area contributed by atoms with Crippen LogP contribution in [0.1, 0.15) is 10.4 Å². The van der Waals surface area contributed by atoms with Gasteiger partial charge in [0.05, 0.1) is 5.69 Å². The number of anilines is 1. The predicted octanol–water partition coefficient (Wildman–Crippen LogP) is 3.19. The second-order valence-corrected chi connectivity index (χ2v) is 5.06. The third kappa shape index (κ3) is 2.16. The number of carbonyl (C=O) groups excluding carboxylic acids is 1. The number of aromatic nitrogens is 1. The molecule has 2 heterocycles. The van der Waals surface area contributed by atoms with Gasteiger partial charge in [0.15, 0.2) is 11.5 Å². The minimum Gasteiger partial charge on any atom is -0.486 e. The maximum Gasteiger partial charge on any atom is 0.255 e. The summed E-state index contributed by atoms with van der Waals surface area (Å²) in [5.74, 6) is 1.11. The van der Waals surface area contributed by atoms with E-state index < -0.39 is 0 Å². The molecule has 1 aliphatic heterocycles. The first-order valence-electron chi connectivity index (χ1n) is 7.08. The Balaban J connectivity index is 1.63. The van der Waals surface area contributed by atoms with Crippen molar-refractivity contribution in [3.63, 3.8) is 0 Å². The molecule has 2 N–H and O–H groups in total. The monoisotopic (exact) mass is 294 g/mol. The van der Waals surface area contributed by atoms with Gasteiger partial charge >= 0.3 is 0 Å². The van der Waals surface area contributed by atoms with Gasteiger partial charge in [0.2, 0.25) is 0 Å². The third-order valence-electron chi connectivity index (χ3n) is 3.65. The van der Waals surface area contributed by atoms with Gasteiger partial charge in [0.25, 0.3) is 5.91 Å². The fourth-order valence-electron chi connectivity index (χ4n) is 2.57. The summed E-state index contributed by atoms with van der Waals surface area (Å²) in [4.78, 5) is 15.6. The molecule has 3 aromatic rings. The van der Waals surface area contributed by atoms with Crippen LogP contribution in [-0.4, -0.2) is 24.1 Å². The Bertz CT molecular complexity index is 854. The molecule has 0 fully saturated rings. The number of nitrogens with one attached hydrogen (secondary N) is 2. The van der Waals surface area contributed by atoms with Gasteiger partial charge in [-0.1, -0.05) is 6.07 Å². The zero-order chi connectivity index (χ0) is 14.9. The van der Waals surface area contributed by atoms with Crippen molar-refractivity contribution in [2.75, 3.05) is 18.5 Å². The minimum atomic E-state index is -0.175. The van der Waals surface area contributed by atoms with Crippen molar-refractivity contribution in [1.82, 2.24) is 4.98 Å². The second kappa shape index (κ2) is 5.11. The molecule has 0 radical (unpaired) electrons. The number of benzene rings is 2. The normalized spacial score (nSPS) is 13.1. The van der Waals surface area contributed by atoms with Gasteiger partial charge in [-0.05, 0) is 36.4 Å². The van der Waals surface area contributed by atoms with Crippen LogP contribution in [0.15, 0.2) is 48.7 Å². The summed E-state index contributed by atoms with van der Waals surface area (Å²) in [7, 11) is 0. The lowest BCUT2D eigenvalue weighted by Gasteiger charge is -2.18. The highest BCUT2D eigenvalue weighted by Crippen LogP contribution is 2.31. The molecule has 0 aliphatic carbocycles. The average Bonchev–Trinajstić information content (AvgIpc) is 3.04. The molecule has 5 heteroatoms. The van der Waals surface area contributed by atoms with Crippen LogP contribution in [0.25, 0.3) is 10.9 Å². The number of hydrogen-bond donors (Lipinski definition) is 2. The van der Waals surface area contributed by atoms with Crippen LogP contribution in [0, 0.1) is 0 Å². The zero-order valence-electron chi connectivity index (χ0n) is 11.8. The molecular weight excluding hydrogens is 280 g/mol. The van der Waals surface area contributed by atoms with E-state index in [1.54, 1.807) is 18.2 Å². The van der Waals surface area contributed by atoms with Gasteiger partial charge in [-0.2, -0.15) is 0 Å². The van der Waals surface area contributed by atoms with E-state index >= 15 is 0 Å². The lowest BCUT2D eigenvalue weighted by molar-refractivity contribution is 0.102. The molecule has 0 bridgehead atoms. The number of fused-ring (bicyclic) bond motifs is 2. The first-order valence-corrected chi connectivity index (χ1v) is 7.08. The number of aromatic amines is 1. The highest BCUT2D eigenvalue weighted by atomic mass is 16.6. The molecule has 4 rings (SSSR count). The molecule has 2 aromatic carbocycles. The van der Waals surface area contributed by atoms with Gasteiger partial charge in [0, 0.05) is 22.7 Å². The van der Waals surface area contributed by atoms with Crippen LogP contribution in [-0.2, 0) is 0 Å². The van der Waals surface area contributed by atoms with Gasteiger partial charge in [-0.15, -0.1) is 0 Å². The Kier molecular flexibility index (Phi) is 2.96. The van der Waals surface area contributed by atoms with E-state index in [0.29, 0.717) is 30.3 Å². The SMILES string of the molecule is O=C(Nc1cccc2[nH]ccc12)c1ccc2c(c1)OCCO2. The molecule has 5 nitrogen and oxygen atoms in total. The summed E-state index contributed by atoms with van der Waals surface area (Å²) in [6.07, 6.45) is 1.85. The van der Waals surface area contributed by atoms with Crippen molar-refractivity contribution in [1.29, 1.82) is 0 Å². The third-order valence-corrected chi connectivity index (χ3v) is 3.65. The number of rotatable bonds is 2. The van der Waals surface area contributed by atoms with E-state index in [2.05, 4.69) is 10.3 Å². The number of H-pyrrole nitrogens is 1. The quantitative estimate of drug-likeness (QED) is 0.763. The molecule has 0 atom stereocenters. The Morgan fingerprint density at radius 3 is 2.82 bits per heavy atom. The fourth-order valence-corrected chi connectivity index (χ4v) is 2.57. The molecule has 0 spiro atoms. The van der Waals surface area contributed by atoms with E-state index in [1.165, 1.54) is 0 Å². The Labute approximate surface area is 126 Å². The van der Waals surface area contributed by atoms with Crippen molar-refractivity contribution in [2.45, 2.75) is 0 Å². The van der Waals surface area contributed by atoms with Gasteiger partial charge < -0.3 is 19.8 Å². The fraction of sp³-hybridized carbons (Fsp3) is 0.118. The van der Waals surface area contributed by atoms with Crippen LogP contribution in [0.5, 0.6) is 11.5 Å². The first kappa shape index (κ1) is 12.8. The van der Waals surface area contributed by atoms with Crippen molar-refractivity contribution >= 4 is 22.5 Å². The van der Waals surface area contributed by atoms with E-state index in [0.717, 1.165) is 16.6 Å². The van der Waals surface area contributed by atoms with Crippen LogP contribution < -0.4 is 14.8 Å². The zero-order valence-corrected chi connectivity index (χ0v) is 11.8. The number of amides is 1. The standard InChI is InChI=1S/C17H14N2O3/c20-17(11-4-5-15-16(10-11)22-9-8-21-15)19-14-3-1-2-13-12(14)6-7-18-13/h1-7,10,18H,8-9H2,(H,19,20). The Morgan fingerprint density at radius 1 is 1.05 bits per heavy atom. The molecule has 0 unspecified atom stereocenters. The maximum absolute atomic E-state index is 12.4. The summed E-state index contributed by atoms with van der Waals surface area (Å²) >= 11 is 0. The number of ether oxygens (including phenoxy) is 2. The van der Waals surface area contributed by atoms with Crippen LogP contribution >= 0.6 is 0 Å². The van der Waals surface area contributed by atoms with E-state index in [-0.39, 0.29) is 5.91 Å². The van der Waals surface area contributed by atoms with Crippen LogP contribution in [0.3, 0.4) is 0 Å². The lowest BCUT2D eigenvalue weighted by atomic mass is 10.1. The van der Waals surface area contributed by atoms with Gasteiger partial charge in [0.1, 0.15) is 13.2 Å². The van der Waals surface area contributed by atoms with Gasteiger partial charge in [-0.3, -0.25) is 4.79 Å². The highest BCUT2D eigenvalue weighted by molar-refractivity contribution is 6.09. The molecule has 22 heavy (non-hydrogen) atoms. The topological polar surface area (TPSA) is 63.4 Å². The van der Waals surface area contributed by atoms with Crippen molar-refractivity contribution < 1.29 is 14.3 Å². The highest BCUT2D eigenvalue weighted by Gasteiger charge is 2.15. The van der Waals surface area contributed by atoms with E-state index in [4.69, 9.17) is 9.47 Å². The van der Waals surface area contributed by atoms with Gasteiger partial charge in [-0.25, -0.2) is 0 Å². The summed E-state index contributed by atoms with van der Waals surface area (Å²) in [5.41, 5.74) is 2.30. The Hall–Kier alpha value is -2.95. The number of carbonyl (C=O) groups is 1. The summed E-state index contributed by atoms with van der Waals surface area (Å²) < 4.78 is 11.0. The van der Waals surface area contributed by atoms with E-state index in [9.17, 15) is 4.79 Å². The first-order chi connectivity index (χ1) is 10.8. The molecule has 1 aromatic heterocycles. The van der Waals surface area contributed by atoms with Crippen molar-refractivity contribution in [3.05, 3.63) is 54.2 Å². The largest absolute Gasteiger partial charge is 0.486 e. The average molecular weight is 294 g/mol. The molecule has 0 saturated heterocycles. The Morgan fingerprint density at radius 2 is 1.91 bits per heavy atom. The molecule has 110 valence electrons. The smallest absolute Gasteiger partial charge is 0.255 e. The maximum atomic E-state index is 12.4. The molecule has 1 aliphatic rings. The van der Waals surface area contributed by atoms with Crippen molar-refractivity contribution in [2.24, 2.45) is 0 Å². The van der Waals surface area contributed by atoms with Crippen molar-refractivity contribution in [3.8, 4) is 11.5 Å². The minimum absolute atomic E-state index is 0.175.